The van der Waals surface area contributed by atoms with Gasteiger partial charge in [-0.05, 0) is 17.9 Å². The lowest BCUT2D eigenvalue weighted by Gasteiger charge is -2.23. The summed E-state index contributed by atoms with van der Waals surface area (Å²) < 4.78 is 5.90. The molecule has 0 saturated carbocycles. The zero-order valence-electron chi connectivity index (χ0n) is 11.8. The smallest absolute Gasteiger partial charge is 0.134 e. The van der Waals surface area contributed by atoms with Crippen LogP contribution in [0.5, 0.6) is 0 Å². The molecule has 1 aromatic heterocycles. The van der Waals surface area contributed by atoms with Gasteiger partial charge in [-0.3, -0.25) is 0 Å². The number of hydrogen-bond acceptors (Lipinski definition) is 2. The van der Waals surface area contributed by atoms with Crippen molar-refractivity contribution >= 4 is 11.0 Å². The van der Waals surface area contributed by atoms with Crippen molar-refractivity contribution in [3.63, 3.8) is 0 Å². The molecule has 2 heteroatoms. The zero-order valence-corrected chi connectivity index (χ0v) is 11.8. The fourth-order valence-electron chi connectivity index (χ4n) is 2.55. The fourth-order valence-corrected chi connectivity index (χ4v) is 2.55. The Morgan fingerprint density at radius 2 is 1.89 bits per heavy atom. The van der Waals surface area contributed by atoms with Crippen molar-refractivity contribution in [3.05, 3.63) is 35.6 Å². The van der Waals surface area contributed by atoms with E-state index in [9.17, 15) is 0 Å². The van der Waals surface area contributed by atoms with Gasteiger partial charge in [-0.2, -0.15) is 0 Å². The third-order valence-electron chi connectivity index (χ3n) is 3.23. The summed E-state index contributed by atoms with van der Waals surface area (Å²) in [5.41, 5.74) is 8.78. The molecule has 0 amide bonds. The van der Waals surface area contributed by atoms with Gasteiger partial charge in [0, 0.05) is 23.4 Å². The van der Waals surface area contributed by atoms with Crippen molar-refractivity contribution in [1.29, 1.82) is 0 Å². The van der Waals surface area contributed by atoms with Gasteiger partial charge in [0.05, 0.1) is 0 Å². The minimum absolute atomic E-state index is 0.0450. The molecular weight excluding hydrogens is 222 g/mol. The van der Waals surface area contributed by atoms with E-state index in [0.717, 1.165) is 24.2 Å². The van der Waals surface area contributed by atoms with Crippen LogP contribution in [0.1, 0.15) is 51.5 Å². The van der Waals surface area contributed by atoms with E-state index in [0.29, 0.717) is 0 Å². The van der Waals surface area contributed by atoms with E-state index < -0.39 is 0 Å². The first-order valence-electron chi connectivity index (χ1n) is 6.68. The lowest BCUT2D eigenvalue weighted by atomic mass is 9.85. The number of aryl methyl sites for hydroxylation is 1. The zero-order chi connectivity index (χ0) is 13.3. The maximum absolute atomic E-state index is 6.41. The Balaban J connectivity index is 2.48. The number of nitrogens with two attached hydrogens (primary N) is 1. The highest BCUT2D eigenvalue weighted by Gasteiger charge is 2.23. The molecule has 2 N–H and O–H groups in total. The van der Waals surface area contributed by atoms with Crippen LogP contribution in [0.15, 0.2) is 28.7 Å². The molecule has 1 heterocycles. The SMILES string of the molecule is CCc1oc2ccccc2c1C(N)CC(C)(C)C. The van der Waals surface area contributed by atoms with Gasteiger partial charge in [0.25, 0.3) is 0 Å². The predicted octanol–water partition coefficient (Wildman–Crippen LogP) is 4.43. The summed E-state index contributed by atoms with van der Waals surface area (Å²) in [6, 6.07) is 8.22. The summed E-state index contributed by atoms with van der Waals surface area (Å²) in [4.78, 5) is 0. The third kappa shape index (κ3) is 2.59. The van der Waals surface area contributed by atoms with Crippen LogP contribution in [0, 0.1) is 5.41 Å². The maximum Gasteiger partial charge on any atom is 0.134 e. The molecule has 1 atom stereocenters. The highest BCUT2D eigenvalue weighted by Crippen LogP contribution is 2.35. The number of benzene rings is 1. The van der Waals surface area contributed by atoms with Gasteiger partial charge < -0.3 is 10.2 Å². The van der Waals surface area contributed by atoms with Crippen molar-refractivity contribution < 1.29 is 4.42 Å². The summed E-state index contributed by atoms with van der Waals surface area (Å²) in [6.07, 6.45) is 1.85. The molecular formula is C16H23NO. The van der Waals surface area contributed by atoms with Gasteiger partial charge >= 0.3 is 0 Å². The molecule has 1 unspecified atom stereocenters. The van der Waals surface area contributed by atoms with E-state index in [2.05, 4.69) is 33.8 Å². The molecule has 98 valence electrons. The quantitative estimate of drug-likeness (QED) is 0.868. The number of hydrogen-bond donors (Lipinski definition) is 1. The second-order valence-electron chi connectivity index (χ2n) is 6.16. The normalized spacial score (nSPS) is 14.1. The molecule has 0 spiro atoms. The van der Waals surface area contributed by atoms with Crippen LogP contribution in [0.3, 0.4) is 0 Å². The Hall–Kier alpha value is -1.28. The first-order chi connectivity index (χ1) is 8.42. The predicted molar refractivity (Wildman–Crippen MR) is 76.6 cm³/mol. The maximum atomic E-state index is 6.41. The van der Waals surface area contributed by atoms with Crippen molar-refractivity contribution in [3.8, 4) is 0 Å². The first kappa shape index (κ1) is 13.2. The summed E-state index contributed by atoms with van der Waals surface area (Å²) in [7, 11) is 0. The lowest BCUT2D eigenvalue weighted by Crippen LogP contribution is -2.19. The number of para-hydroxylation sites is 1. The van der Waals surface area contributed by atoms with Gasteiger partial charge in [0.2, 0.25) is 0 Å². The van der Waals surface area contributed by atoms with Crippen molar-refractivity contribution in [2.75, 3.05) is 0 Å². The Morgan fingerprint density at radius 3 is 2.50 bits per heavy atom. The largest absolute Gasteiger partial charge is 0.461 e. The van der Waals surface area contributed by atoms with Gasteiger partial charge in [-0.1, -0.05) is 45.9 Å². The Bertz CT molecular complexity index is 534. The molecule has 2 aromatic rings. The molecule has 0 aliphatic rings. The standard InChI is InChI=1S/C16H23NO/c1-5-13-15(12(17)10-16(2,3)4)11-8-6-7-9-14(11)18-13/h6-9,12H,5,10,17H2,1-4H3. The molecule has 0 bridgehead atoms. The summed E-state index contributed by atoms with van der Waals surface area (Å²) in [6.45, 7) is 8.78. The van der Waals surface area contributed by atoms with Crippen molar-refractivity contribution in [2.24, 2.45) is 11.1 Å². The Morgan fingerprint density at radius 1 is 1.22 bits per heavy atom. The van der Waals surface area contributed by atoms with Crippen LogP contribution >= 0.6 is 0 Å². The topological polar surface area (TPSA) is 39.2 Å². The minimum atomic E-state index is 0.0450. The van der Waals surface area contributed by atoms with Crippen LogP contribution in [-0.2, 0) is 6.42 Å². The van der Waals surface area contributed by atoms with Crippen LogP contribution in [-0.4, -0.2) is 0 Å². The van der Waals surface area contributed by atoms with Gasteiger partial charge in [0.1, 0.15) is 11.3 Å². The number of furan rings is 1. The molecule has 0 aliphatic heterocycles. The van der Waals surface area contributed by atoms with Crippen LogP contribution in [0.25, 0.3) is 11.0 Å². The van der Waals surface area contributed by atoms with Crippen LogP contribution in [0.4, 0.5) is 0 Å². The summed E-state index contributed by atoms with van der Waals surface area (Å²) in [5.74, 6) is 1.04. The Labute approximate surface area is 109 Å². The highest BCUT2D eigenvalue weighted by atomic mass is 16.3. The average molecular weight is 245 g/mol. The second kappa shape index (κ2) is 4.77. The number of fused-ring (bicyclic) bond motifs is 1. The fraction of sp³-hybridized carbons (Fsp3) is 0.500. The third-order valence-corrected chi connectivity index (χ3v) is 3.23. The minimum Gasteiger partial charge on any atom is -0.461 e. The van der Waals surface area contributed by atoms with Crippen molar-refractivity contribution in [2.45, 2.75) is 46.6 Å². The van der Waals surface area contributed by atoms with E-state index in [1.807, 2.05) is 18.2 Å². The molecule has 1 aromatic carbocycles. The monoisotopic (exact) mass is 245 g/mol. The highest BCUT2D eigenvalue weighted by molar-refractivity contribution is 5.82. The molecule has 0 radical (unpaired) electrons. The molecule has 2 rings (SSSR count). The molecule has 0 aliphatic carbocycles. The van der Waals surface area contributed by atoms with E-state index in [-0.39, 0.29) is 11.5 Å². The second-order valence-corrected chi connectivity index (χ2v) is 6.16. The Kier molecular flexibility index (Phi) is 3.49. The summed E-state index contributed by atoms with van der Waals surface area (Å²) in [5, 5.41) is 1.17. The average Bonchev–Trinajstić information content (AvgIpc) is 2.64. The number of rotatable bonds is 3. The van der Waals surface area contributed by atoms with Gasteiger partial charge in [-0.25, -0.2) is 0 Å². The molecule has 0 saturated heterocycles. The summed E-state index contributed by atoms with van der Waals surface area (Å²) >= 11 is 0. The van der Waals surface area contributed by atoms with Crippen LogP contribution in [0.2, 0.25) is 0 Å². The van der Waals surface area contributed by atoms with E-state index >= 15 is 0 Å². The van der Waals surface area contributed by atoms with Crippen LogP contribution < -0.4 is 5.73 Å². The van der Waals surface area contributed by atoms with Gasteiger partial charge in [0.15, 0.2) is 0 Å². The molecule has 18 heavy (non-hydrogen) atoms. The van der Waals surface area contributed by atoms with E-state index in [4.69, 9.17) is 10.2 Å². The first-order valence-corrected chi connectivity index (χ1v) is 6.68. The molecule has 0 fully saturated rings. The molecule has 2 nitrogen and oxygen atoms in total. The van der Waals surface area contributed by atoms with E-state index in [1.165, 1.54) is 10.9 Å². The lowest BCUT2D eigenvalue weighted by molar-refractivity contribution is 0.341. The van der Waals surface area contributed by atoms with Crippen molar-refractivity contribution in [1.82, 2.24) is 0 Å². The van der Waals surface area contributed by atoms with E-state index in [1.54, 1.807) is 0 Å². The van der Waals surface area contributed by atoms with Gasteiger partial charge in [-0.15, -0.1) is 0 Å².